The first-order valence-electron chi connectivity index (χ1n) is 11.1. The average molecular weight is 490 g/mol. The van der Waals surface area contributed by atoms with Crippen molar-refractivity contribution in [1.82, 2.24) is 4.98 Å². The SMILES string of the molecule is Nc1ccc(-c2cccs2)cc1NC(=O)c1ccc(N2CC[P+](O)(c3ccccc3)CC2)nc1. The molecule has 8 heteroatoms. The van der Waals surface area contributed by atoms with E-state index >= 15 is 0 Å². The van der Waals surface area contributed by atoms with Crippen molar-refractivity contribution < 1.29 is 9.69 Å². The molecule has 2 aromatic heterocycles. The zero-order chi connectivity index (χ0) is 23.5. The van der Waals surface area contributed by atoms with Gasteiger partial charge in [-0.15, -0.1) is 11.3 Å². The van der Waals surface area contributed by atoms with Crippen LogP contribution in [-0.4, -0.2) is 41.2 Å². The van der Waals surface area contributed by atoms with Gasteiger partial charge in [-0.05, 0) is 53.4 Å². The molecule has 0 saturated carbocycles. The third kappa shape index (κ3) is 4.68. The van der Waals surface area contributed by atoms with Crippen LogP contribution in [0.25, 0.3) is 10.4 Å². The molecule has 1 amide bonds. The lowest BCUT2D eigenvalue weighted by molar-refractivity contribution is 0.102. The summed E-state index contributed by atoms with van der Waals surface area (Å²) in [6, 6.07) is 23.3. The molecular formula is C26H26N4O2PS+. The van der Waals surface area contributed by atoms with Crippen LogP contribution in [0.3, 0.4) is 0 Å². The number of nitrogens with zero attached hydrogens (tertiary/aromatic N) is 2. The van der Waals surface area contributed by atoms with Gasteiger partial charge in [-0.2, -0.15) is 0 Å². The van der Waals surface area contributed by atoms with E-state index in [1.54, 1.807) is 23.6 Å². The van der Waals surface area contributed by atoms with E-state index in [0.717, 1.165) is 47.0 Å². The summed E-state index contributed by atoms with van der Waals surface area (Å²) >= 11 is 1.64. The van der Waals surface area contributed by atoms with Crippen LogP contribution >= 0.6 is 18.8 Å². The molecule has 1 aliphatic rings. The summed E-state index contributed by atoms with van der Waals surface area (Å²) in [7, 11) is -2.11. The van der Waals surface area contributed by atoms with Crippen LogP contribution in [0.4, 0.5) is 17.2 Å². The Bertz CT molecular complexity index is 1270. The lowest BCUT2D eigenvalue weighted by atomic mass is 10.1. The highest BCUT2D eigenvalue weighted by Crippen LogP contribution is 2.54. The van der Waals surface area contributed by atoms with E-state index in [1.807, 2.05) is 72.1 Å². The van der Waals surface area contributed by atoms with Gasteiger partial charge in [0, 0.05) is 11.1 Å². The minimum Gasteiger partial charge on any atom is -0.397 e. The molecule has 0 spiro atoms. The van der Waals surface area contributed by atoms with Gasteiger partial charge >= 0.3 is 0 Å². The molecule has 4 aromatic rings. The summed E-state index contributed by atoms with van der Waals surface area (Å²) in [5.41, 5.74) is 8.68. The highest BCUT2D eigenvalue weighted by atomic mass is 32.1. The smallest absolute Gasteiger partial charge is 0.257 e. The zero-order valence-corrected chi connectivity index (χ0v) is 20.3. The van der Waals surface area contributed by atoms with Crippen LogP contribution in [0.15, 0.2) is 84.4 Å². The maximum Gasteiger partial charge on any atom is 0.257 e. The number of benzene rings is 2. The number of pyridine rings is 1. The third-order valence-electron chi connectivity index (χ3n) is 6.16. The molecule has 0 unspecified atom stereocenters. The van der Waals surface area contributed by atoms with Crippen molar-refractivity contribution in [1.29, 1.82) is 0 Å². The normalized spacial score (nSPS) is 15.1. The Morgan fingerprint density at radius 2 is 1.82 bits per heavy atom. The maximum absolute atomic E-state index is 12.8. The summed E-state index contributed by atoms with van der Waals surface area (Å²) < 4.78 is 0. The van der Waals surface area contributed by atoms with E-state index in [9.17, 15) is 9.69 Å². The number of nitrogens with two attached hydrogens (primary N) is 1. The molecular weight excluding hydrogens is 463 g/mol. The zero-order valence-electron chi connectivity index (χ0n) is 18.6. The first-order valence-corrected chi connectivity index (χ1v) is 14.1. The molecule has 3 heterocycles. The van der Waals surface area contributed by atoms with Gasteiger partial charge in [0.15, 0.2) is 7.49 Å². The van der Waals surface area contributed by atoms with Crippen LogP contribution in [0, 0.1) is 0 Å². The molecule has 1 fully saturated rings. The number of hydrogen-bond donors (Lipinski definition) is 3. The van der Waals surface area contributed by atoms with Crippen LogP contribution in [0.2, 0.25) is 0 Å². The fourth-order valence-corrected chi connectivity index (χ4v) is 7.49. The van der Waals surface area contributed by atoms with Crippen molar-refractivity contribution in [2.24, 2.45) is 0 Å². The Morgan fingerprint density at radius 1 is 1.03 bits per heavy atom. The molecule has 5 rings (SSSR count). The highest BCUT2D eigenvalue weighted by Gasteiger charge is 2.42. The standard InChI is InChI=1S/C26H25N4O2PS/c27-22-10-8-19(24-7-4-16-34-24)17-23(22)29-26(31)20-9-11-25(28-18-20)30-12-14-33(32,15-13-30)21-5-2-1-3-6-21/h1-11,16-18,32H,12-15,27H2/p+1. The monoisotopic (exact) mass is 489 g/mol. The number of anilines is 3. The number of aromatic nitrogens is 1. The fraction of sp³-hybridized carbons (Fsp3) is 0.154. The van der Waals surface area contributed by atoms with Crippen molar-refractivity contribution in [3.8, 4) is 10.4 Å². The minimum atomic E-state index is -2.11. The van der Waals surface area contributed by atoms with E-state index in [0.29, 0.717) is 16.9 Å². The first-order chi connectivity index (χ1) is 16.5. The second-order valence-corrected chi connectivity index (χ2v) is 12.5. The van der Waals surface area contributed by atoms with Gasteiger partial charge in [0.25, 0.3) is 5.91 Å². The lowest BCUT2D eigenvalue weighted by Gasteiger charge is -2.33. The second kappa shape index (κ2) is 9.55. The van der Waals surface area contributed by atoms with E-state index in [4.69, 9.17) is 5.73 Å². The Balaban J connectivity index is 1.24. The molecule has 34 heavy (non-hydrogen) atoms. The van der Waals surface area contributed by atoms with Gasteiger partial charge < -0.3 is 16.0 Å². The number of nitrogens with one attached hydrogen (secondary N) is 1. The van der Waals surface area contributed by atoms with Crippen molar-refractivity contribution in [2.45, 2.75) is 0 Å². The molecule has 0 radical (unpaired) electrons. The van der Waals surface area contributed by atoms with Crippen LogP contribution < -0.4 is 21.3 Å². The number of nitrogen functional groups attached to an aromatic ring is 1. The summed E-state index contributed by atoms with van der Waals surface area (Å²) in [6.07, 6.45) is 3.07. The highest BCUT2D eigenvalue weighted by molar-refractivity contribution is 7.77. The number of amides is 1. The van der Waals surface area contributed by atoms with Crippen molar-refractivity contribution in [3.63, 3.8) is 0 Å². The lowest BCUT2D eigenvalue weighted by Crippen LogP contribution is -2.39. The van der Waals surface area contributed by atoms with Gasteiger partial charge in [0.1, 0.15) is 23.4 Å². The summed E-state index contributed by atoms with van der Waals surface area (Å²) in [5.74, 6) is 0.562. The average Bonchev–Trinajstić information content (AvgIpc) is 3.42. The molecule has 1 saturated heterocycles. The molecule has 0 aliphatic carbocycles. The quantitative estimate of drug-likeness (QED) is 0.279. The Morgan fingerprint density at radius 3 is 2.50 bits per heavy atom. The van der Waals surface area contributed by atoms with Crippen LogP contribution in [0.5, 0.6) is 0 Å². The number of carbonyl (C=O) groups is 1. The van der Waals surface area contributed by atoms with E-state index in [1.165, 1.54) is 0 Å². The predicted octanol–water partition coefficient (Wildman–Crippen LogP) is 4.72. The number of hydrogen-bond acceptors (Lipinski definition) is 6. The van der Waals surface area contributed by atoms with Crippen molar-refractivity contribution in [2.75, 3.05) is 41.4 Å². The van der Waals surface area contributed by atoms with Gasteiger partial charge in [0.2, 0.25) is 0 Å². The van der Waals surface area contributed by atoms with Crippen LogP contribution in [0.1, 0.15) is 10.4 Å². The molecule has 0 atom stereocenters. The number of rotatable bonds is 5. The summed E-state index contributed by atoms with van der Waals surface area (Å²) in [4.78, 5) is 31.8. The summed E-state index contributed by atoms with van der Waals surface area (Å²) in [5, 5.41) is 6.00. The Hall–Kier alpha value is -3.25. The minimum absolute atomic E-state index is 0.253. The number of carbonyl (C=O) groups excluding carboxylic acids is 1. The number of thiophene rings is 1. The van der Waals surface area contributed by atoms with E-state index in [2.05, 4.69) is 15.2 Å². The van der Waals surface area contributed by atoms with Crippen molar-refractivity contribution in [3.05, 3.63) is 89.9 Å². The third-order valence-corrected chi connectivity index (χ3v) is 10.2. The Kier molecular flexibility index (Phi) is 6.33. The van der Waals surface area contributed by atoms with E-state index < -0.39 is 7.49 Å². The van der Waals surface area contributed by atoms with Crippen molar-refractivity contribution >= 4 is 47.2 Å². The molecule has 1 aliphatic heterocycles. The fourth-order valence-electron chi connectivity index (χ4n) is 4.15. The van der Waals surface area contributed by atoms with Gasteiger partial charge in [0.05, 0.1) is 30.0 Å². The molecule has 6 nitrogen and oxygen atoms in total. The molecule has 2 aromatic carbocycles. The van der Waals surface area contributed by atoms with E-state index in [-0.39, 0.29) is 5.91 Å². The largest absolute Gasteiger partial charge is 0.397 e. The molecule has 0 bridgehead atoms. The first kappa shape index (κ1) is 22.5. The second-order valence-electron chi connectivity index (χ2n) is 8.33. The maximum atomic E-state index is 12.8. The van der Waals surface area contributed by atoms with Gasteiger partial charge in [-0.1, -0.05) is 30.3 Å². The van der Waals surface area contributed by atoms with Crippen LogP contribution in [-0.2, 0) is 0 Å². The molecule has 172 valence electrons. The topological polar surface area (TPSA) is 91.5 Å². The van der Waals surface area contributed by atoms with Gasteiger partial charge in [-0.3, -0.25) is 4.79 Å². The Labute approximate surface area is 203 Å². The molecule has 4 N–H and O–H groups in total. The predicted molar refractivity (Wildman–Crippen MR) is 144 cm³/mol. The summed E-state index contributed by atoms with van der Waals surface area (Å²) in [6.45, 7) is 1.48. The van der Waals surface area contributed by atoms with Gasteiger partial charge in [-0.25, -0.2) is 9.88 Å².